The summed E-state index contributed by atoms with van der Waals surface area (Å²) in [5.41, 5.74) is 0. The van der Waals surface area contributed by atoms with Crippen LogP contribution in [-0.4, -0.2) is 19.8 Å². The maximum absolute atomic E-state index is 12.8. The third-order valence-electron chi connectivity index (χ3n) is 1.54. The van der Waals surface area contributed by atoms with Crippen LogP contribution in [0.2, 0.25) is 4.82 Å². The normalized spacial score (nSPS) is 38.0. The first-order valence-electron chi connectivity index (χ1n) is 3.26. The van der Waals surface area contributed by atoms with Crippen LogP contribution in [0.3, 0.4) is 0 Å². The molecule has 0 nitrogen and oxygen atoms in total. The van der Waals surface area contributed by atoms with Crippen molar-refractivity contribution >= 4 is 15.0 Å². The second kappa shape index (κ2) is 2.63. The molecule has 58 valence electrons. The molecule has 0 unspecified atom stereocenters. The molecule has 0 fully saturated rings. The van der Waals surface area contributed by atoms with Gasteiger partial charge in [0.2, 0.25) is 0 Å². The molecule has 0 saturated carbocycles. The third kappa shape index (κ3) is 1.58. The molecule has 0 amide bonds. The average Bonchev–Trinajstić information content (AvgIpc) is 1.78. The van der Waals surface area contributed by atoms with Gasteiger partial charge in [-0.15, -0.1) is 0 Å². The first-order valence-corrected chi connectivity index (χ1v) is 5.11. The summed E-state index contributed by atoms with van der Waals surface area (Å²) in [5.74, 6) is -0.552. The van der Waals surface area contributed by atoms with E-state index in [1.54, 1.807) is 13.0 Å². The fraction of sp³-hybridized carbons (Fsp3) is 0.714. The molecule has 0 aromatic rings. The van der Waals surface area contributed by atoms with Gasteiger partial charge in [-0.2, -0.15) is 0 Å². The first-order chi connectivity index (χ1) is 4.52. The second-order valence-electron chi connectivity index (χ2n) is 2.56. The van der Waals surface area contributed by atoms with Crippen LogP contribution in [0.15, 0.2) is 12.2 Å². The Morgan fingerprint density at radius 2 is 1.90 bits per heavy atom. The molecule has 1 aliphatic rings. The Labute approximate surface area is 65.8 Å². The molecule has 0 spiro atoms. The Morgan fingerprint density at radius 3 is 2.30 bits per heavy atom. The summed E-state index contributed by atoms with van der Waals surface area (Å²) in [6, 6.07) is 0. The topological polar surface area (TPSA) is 0 Å². The Hall–Kier alpha value is 0.119. The molecule has 0 saturated heterocycles. The van der Waals surface area contributed by atoms with E-state index >= 15 is 0 Å². The van der Waals surface area contributed by atoms with Gasteiger partial charge in [0.05, 0.1) is 0 Å². The van der Waals surface area contributed by atoms with Crippen molar-refractivity contribution in [1.29, 1.82) is 0 Å². The summed E-state index contributed by atoms with van der Waals surface area (Å²) in [6.07, 6.45) is 3.51. The first kappa shape index (κ1) is 8.22. The number of halogens is 2. The summed E-state index contributed by atoms with van der Waals surface area (Å²) in [4.78, 5) is -2.32. The molecule has 1 heterocycles. The quantitative estimate of drug-likeness (QED) is 0.426. The molecule has 0 N–H and O–H groups in total. The van der Waals surface area contributed by atoms with E-state index in [2.05, 4.69) is 0 Å². The van der Waals surface area contributed by atoms with Gasteiger partial charge < -0.3 is 0 Å². The fourth-order valence-electron chi connectivity index (χ4n) is 0.830. The van der Waals surface area contributed by atoms with Crippen molar-refractivity contribution in [3.8, 4) is 0 Å². The summed E-state index contributed by atoms with van der Waals surface area (Å²) in [5, 5.41) is 0. The second-order valence-corrected chi connectivity index (χ2v) is 5.75. The van der Waals surface area contributed by atoms with Crippen molar-refractivity contribution in [1.82, 2.24) is 0 Å². The molecule has 2 atom stereocenters. The van der Waals surface area contributed by atoms with Gasteiger partial charge in [0.25, 0.3) is 0 Å². The number of alkyl halides is 2. The van der Waals surface area contributed by atoms with E-state index in [1.807, 2.05) is 13.0 Å². The van der Waals surface area contributed by atoms with E-state index < -0.39 is 25.7 Å². The minimum absolute atomic E-state index is 0.0960. The van der Waals surface area contributed by atoms with E-state index in [4.69, 9.17) is 0 Å². The van der Waals surface area contributed by atoms with E-state index in [9.17, 15) is 8.78 Å². The SMILES string of the molecule is C[C@@H]1C=C[C@H](C)C(F)(F)[Se]1. The van der Waals surface area contributed by atoms with Crippen LogP contribution in [0.25, 0.3) is 0 Å². The Kier molecular flexibility index (Phi) is 2.16. The molecular formula is C7H10F2Se. The van der Waals surface area contributed by atoms with Crippen LogP contribution in [0.1, 0.15) is 13.8 Å². The van der Waals surface area contributed by atoms with Crippen LogP contribution in [0.4, 0.5) is 8.78 Å². The molecule has 0 bridgehead atoms. The van der Waals surface area contributed by atoms with Crippen LogP contribution in [-0.2, 0) is 0 Å². The Bertz CT molecular complexity index is 154. The van der Waals surface area contributed by atoms with Gasteiger partial charge in [0, 0.05) is 0 Å². The van der Waals surface area contributed by atoms with Crippen LogP contribution < -0.4 is 0 Å². The molecule has 0 aromatic carbocycles. The number of rotatable bonds is 0. The van der Waals surface area contributed by atoms with Crippen molar-refractivity contribution in [2.75, 3.05) is 0 Å². The Balaban J connectivity index is 2.72. The molecule has 1 rings (SSSR count). The van der Waals surface area contributed by atoms with Crippen LogP contribution >= 0.6 is 0 Å². The predicted molar refractivity (Wildman–Crippen MR) is 38.4 cm³/mol. The van der Waals surface area contributed by atoms with Gasteiger partial charge in [-0.3, -0.25) is 0 Å². The van der Waals surface area contributed by atoms with Gasteiger partial charge in [-0.05, 0) is 0 Å². The number of hydrogen-bond donors (Lipinski definition) is 0. The molecule has 0 radical (unpaired) electrons. The van der Waals surface area contributed by atoms with Crippen molar-refractivity contribution in [2.45, 2.75) is 23.5 Å². The van der Waals surface area contributed by atoms with Crippen molar-refractivity contribution in [2.24, 2.45) is 5.92 Å². The summed E-state index contributed by atoms with van der Waals surface area (Å²) in [7, 11) is 0. The van der Waals surface area contributed by atoms with Gasteiger partial charge >= 0.3 is 65.3 Å². The van der Waals surface area contributed by atoms with Gasteiger partial charge in [0.15, 0.2) is 0 Å². The minimum atomic E-state index is -2.42. The standard InChI is InChI=1S/C7H10F2Se/c1-5-3-4-6(2)10-7(5,8)9/h3-6H,1-2H3/t5-,6+/m0/s1. The zero-order valence-electron chi connectivity index (χ0n) is 5.97. The number of hydrogen-bond acceptors (Lipinski definition) is 0. The van der Waals surface area contributed by atoms with E-state index in [0.29, 0.717) is 0 Å². The average molecular weight is 211 g/mol. The predicted octanol–water partition coefficient (Wildman–Crippen LogP) is 2.30. The van der Waals surface area contributed by atoms with Gasteiger partial charge in [-0.1, -0.05) is 0 Å². The van der Waals surface area contributed by atoms with Crippen LogP contribution in [0, 0.1) is 5.92 Å². The fourth-order valence-corrected chi connectivity index (χ4v) is 2.84. The van der Waals surface area contributed by atoms with Crippen molar-refractivity contribution < 1.29 is 8.78 Å². The molecule has 0 aliphatic carbocycles. The maximum atomic E-state index is 12.8. The van der Waals surface area contributed by atoms with Gasteiger partial charge in [0.1, 0.15) is 0 Å². The molecular weight excluding hydrogens is 201 g/mol. The van der Waals surface area contributed by atoms with Crippen molar-refractivity contribution in [3.05, 3.63) is 12.2 Å². The summed E-state index contributed by atoms with van der Waals surface area (Å²) >= 11 is -0.541. The summed E-state index contributed by atoms with van der Waals surface area (Å²) < 4.78 is 25.6. The zero-order valence-corrected chi connectivity index (χ0v) is 7.69. The van der Waals surface area contributed by atoms with Crippen molar-refractivity contribution in [3.63, 3.8) is 0 Å². The molecule has 0 aromatic heterocycles. The third-order valence-corrected chi connectivity index (χ3v) is 4.09. The monoisotopic (exact) mass is 212 g/mol. The van der Waals surface area contributed by atoms with E-state index in [0.717, 1.165) is 0 Å². The summed E-state index contributed by atoms with van der Waals surface area (Å²) in [6.45, 7) is 3.42. The molecule has 10 heavy (non-hydrogen) atoms. The molecule has 1 aliphatic heterocycles. The van der Waals surface area contributed by atoms with Gasteiger partial charge in [-0.25, -0.2) is 0 Å². The molecule has 3 heteroatoms. The number of allylic oxidation sites excluding steroid dienone is 2. The Morgan fingerprint density at radius 1 is 1.30 bits per heavy atom. The zero-order chi connectivity index (χ0) is 7.78. The van der Waals surface area contributed by atoms with E-state index in [1.165, 1.54) is 0 Å². The van der Waals surface area contributed by atoms with Crippen LogP contribution in [0.5, 0.6) is 0 Å². The van der Waals surface area contributed by atoms with E-state index in [-0.39, 0.29) is 4.82 Å².